The smallest absolute Gasteiger partial charge is 0.115 e. The summed E-state index contributed by atoms with van der Waals surface area (Å²) in [6, 6.07) is 6.03. The molecular formula is C16H22O. The van der Waals surface area contributed by atoms with Crippen LogP contribution in [0.25, 0.3) is 0 Å². The summed E-state index contributed by atoms with van der Waals surface area (Å²) in [6.45, 7) is 7.08. The normalized spacial score (nSPS) is 34.2. The van der Waals surface area contributed by atoms with E-state index in [0.717, 1.165) is 17.8 Å². The van der Waals surface area contributed by atoms with Crippen molar-refractivity contribution in [1.82, 2.24) is 0 Å². The molecule has 1 aromatic carbocycles. The van der Waals surface area contributed by atoms with Crippen molar-refractivity contribution in [2.24, 2.45) is 11.8 Å². The van der Waals surface area contributed by atoms with Crippen molar-refractivity contribution in [3.05, 3.63) is 29.3 Å². The van der Waals surface area contributed by atoms with Crippen molar-refractivity contribution in [2.45, 2.75) is 51.4 Å². The Hall–Kier alpha value is -0.980. The second-order valence-corrected chi connectivity index (χ2v) is 6.59. The predicted octanol–water partition coefficient (Wildman–Crippen LogP) is 4.20. The molecule has 1 fully saturated rings. The van der Waals surface area contributed by atoms with Crippen LogP contribution in [0.5, 0.6) is 5.75 Å². The molecule has 2 aliphatic rings. The van der Waals surface area contributed by atoms with Crippen LogP contribution in [0.1, 0.15) is 57.1 Å². The molecular weight excluding hydrogens is 208 g/mol. The highest BCUT2D eigenvalue weighted by Crippen LogP contribution is 2.55. The van der Waals surface area contributed by atoms with Gasteiger partial charge in [0, 0.05) is 0 Å². The predicted molar refractivity (Wildman–Crippen MR) is 70.4 cm³/mol. The van der Waals surface area contributed by atoms with E-state index in [9.17, 15) is 5.11 Å². The van der Waals surface area contributed by atoms with Crippen LogP contribution in [0.15, 0.2) is 18.2 Å². The van der Waals surface area contributed by atoms with E-state index in [-0.39, 0.29) is 5.41 Å². The topological polar surface area (TPSA) is 20.2 Å². The fourth-order valence-corrected chi connectivity index (χ4v) is 4.06. The number of phenolic OH excluding ortho intramolecular Hbond substituents is 1. The Morgan fingerprint density at radius 3 is 2.76 bits per heavy atom. The van der Waals surface area contributed by atoms with E-state index in [1.807, 2.05) is 12.1 Å². The number of phenols is 1. The average Bonchev–Trinajstić information content (AvgIpc) is 2.29. The molecule has 1 aromatic rings. The summed E-state index contributed by atoms with van der Waals surface area (Å²) in [5, 5.41) is 9.75. The van der Waals surface area contributed by atoms with Gasteiger partial charge in [-0.05, 0) is 65.7 Å². The third kappa shape index (κ3) is 1.51. The zero-order valence-electron chi connectivity index (χ0n) is 11.0. The minimum absolute atomic E-state index is 0.227. The standard InChI is InChI=1S/C16H22O/c1-10-4-5-11-8-14(10)13-7-6-12(17)9-15(13)16(11,2)3/h6-7,9-11,14,17H,4-5,8H2,1-3H3/t10-,11+,14+/m0/s1. The van der Waals surface area contributed by atoms with Gasteiger partial charge in [0.2, 0.25) is 0 Å². The molecule has 92 valence electrons. The highest BCUT2D eigenvalue weighted by Gasteiger charge is 2.44. The Labute approximate surface area is 104 Å². The molecule has 0 unspecified atom stereocenters. The number of aromatic hydroxyl groups is 1. The zero-order chi connectivity index (χ0) is 12.2. The maximum Gasteiger partial charge on any atom is 0.115 e. The summed E-state index contributed by atoms with van der Waals surface area (Å²) in [5.74, 6) is 2.73. The fraction of sp³-hybridized carbons (Fsp3) is 0.625. The van der Waals surface area contributed by atoms with Gasteiger partial charge in [0.25, 0.3) is 0 Å². The molecule has 0 spiro atoms. The van der Waals surface area contributed by atoms with Crippen LogP contribution >= 0.6 is 0 Å². The van der Waals surface area contributed by atoms with E-state index in [1.54, 1.807) is 0 Å². The SMILES string of the molecule is C[C@H]1CC[C@@H]2C[C@H]1c1ccc(O)cc1C2(C)C. The highest BCUT2D eigenvalue weighted by molar-refractivity contribution is 5.44. The Morgan fingerprint density at radius 2 is 2.00 bits per heavy atom. The molecule has 1 heteroatoms. The molecule has 2 bridgehead atoms. The molecule has 1 nitrogen and oxygen atoms in total. The Balaban J connectivity index is 2.19. The van der Waals surface area contributed by atoms with Gasteiger partial charge in [-0.15, -0.1) is 0 Å². The van der Waals surface area contributed by atoms with Crippen LogP contribution in [-0.2, 0) is 5.41 Å². The van der Waals surface area contributed by atoms with Gasteiger partial charge in [-0.25, -0.2) is 0 Å². The Bertz CT molecular complexity index is 447. The van der Waals surface area contributed by atoms with Gasteiger partial charge in [-0.3, -0.25) is 0 Å². The fourth-order valence-electron chi connectivity index (χ4n) is 4.06. The molecule has 0 saturated heterocycles. The highest BCUT2D eigenvalue weighted by atomic mass is 16.3. The molecule has 0 amide bonds. The lowest BCUT2D eigenvalue weighted by Gasteiger charge is -2.49. The second-order valence-electron chi connectivity index (χ2n) is 6.59. The van der Waals surface area contributed by atoms with E-state index < -0.39 is 0 Å². The maximum absolute atomic E-state index is 9.75. The summed E-state index contributed by atoms with van der Waals surface area (Å²) in [4.78, 5) is 0. The van der Waals surface area contributed by atoms with E-state index >= 15 is 0 Å². The van der Waals surface area contributed by atoms with Gasteiger partial charge in [0.15, 0.2) is 0 Å². The van der Waals surface area contributed by atoms with Crippen LogP contribution in [0.2, 0.25) is 0 Å². The van der Waals surface area contributed by atoms with Gasteiger partial charge >= 0.3 is 0 Å². The zero-order valence-corrected chi connectivity index (χ0v) is 11.0. The molecule has 0 heterocycles. The monoisotopic (exact) mass is 230 g/mol. The third-order valence-electron chi connectivity index (χ3n) is 5.35. The van der Waals surface area contributed by atoms with Crippen molar-refractivity contribution in [2.75, 3.05) is 0 Å². The molecule has 3 rings (SSSR count). The van der Waals surface area contributed by atoms with E-state index in [2.05, 4.69) is 26.8 Å². The number of benzene rings is 1. The van der Waals surface area contributed by atoms with Crippen molar-refractivity contribution in [1.29, 1.82) is 0 Å². The van der Waals surface area contributed by atoms with Gasteiger partial charge < -0.3 is 5.11 Å². The van der Waals surface area contributed by atoms with Crippen LogP contribution in [-0.4, -0.2) is 5.11 Å². The molecule has 0 aromatic heterocycles. The molecule has 1 N–H and O–H groups in total. The van der Waals surface area contributed by atoms with E-state index in [4.69, 9.17) is 0 Å². The molecule has 1 saturated carbocycles. The van der Waals surface area contributed by atoms with Crippen LogP contribution in [0.4, 0.5) is 0 Å². The minimum Gasteiger partial charge on any atom is -0.508 e. The summed E-state index contributed by atoms with van der Waals surface area (Å²) in [6.07, 6.45) is 4.05. The lowest BCUT2D eigenvalue weighted by molar-refractivity contribution is 0.153. The summed E-state index contributed by atoms with van der Waals surface area (Å²) in [7, 11) is 0. The van der Waals surface area contributed by atoms with E-state index in [0.29, 0.717) is 5.75 Å². The maximum atomic E-state index is 9.75. The first-order chi connectivity index (χ1) is 8.00. The summed E-state index contributed by atoms with van der Waals surface area (Å²) < 4.78 is 0. The number of hydrogen-bond acceptors (Lipinski definition) is 1. The van der Waals surface area contributed by atoms with Crippen LogP contribution in [0, 0.1) is 11.8 Å². The van der Waals surface area contributed by atoms with Gasteiger partial charge in [0.05, 0.1) is 0 Å². The van der Waals surface area contributed by atoms with Gasteiger partial charge in [0.1, 0.15) is 5.75 Å². The van der Waals surface area contributed by atoms with Gasteiger partial charge in [-0.1, -0.05) is 26.8 Å². The average molecular weight is 230 g/mol. The number of hydrogen-bond donors (Lipinski definition) is 1. The minimum atomic E-state index is 0.227. The summed E-state index contributed by atoms with van der Waals surface area (Å²) in [5.41, 5.74) is 3.12. The lowest BCUT2D eigenvalue weighted by Crippen LogP contribution is -2.40. The number of fused-ring (bicyclic) bond motifs is 4. The summed E-state index contributed by atoms with van der Waals surface area (Å²) >= 11 is 0. The molecule has 2 aliphatic carbocycles. The molecule has 0 radical (unpaired) electrons. The third-order valence-corrected chi connectivity index (χ3v) is 5.35. The first-order valence-corrected chi connectivity index (χ1v) is 6.83. The first-order valence-electron chi connectivity index (χ1n) is 6.83. The van der Waals surface area contributed by atoms with Crippen molar-refractivity contribution >= 4 is 0 Å². The van der Waals surface area contributed by atoms with Gasteiger partial charge in [-0.2, -0.15) is 0 Å². The Kier molecular flexibility index (Phi) is 2.30. The van der Waals surface area contributed by atoms with Crippen LogP contribution in [0.3, 0.4) is 0 Å². The van der Waals surface area contributed by atoms with Crippen molar-refractivity contribution < 1.29 is 5.11 Å². The van der Waals surface area contributed by atoms with Crippen molar-refractivity contribution in [3.8, 4) is 5.75 Å². The second kappa shape index (κ2) is 3.51. The Morgan fingerprint density at radius 1 is 1.24 bits per heavy atom. The van der Waals surface area contributed by atoms with E-state index in [1.165, 1.54) is 30.4 Å². The van der Waals surface area contributed by atoms with Crippen molar-refractivity contribution in [3.63, 3.8) is 0 Å². The first kappa shape index (κ1) is 11.1. The molecule has 17 heavy (non-hydrogen) atoms. The number of rotatable bonds is 0. The van der Waals surface area contributed by atoms with Crippen LogP contribution < -0.4 is 0 Å². The molecule has 0 aliphatic heterocycles. The largest absolute Gasteiger partial charge is 0.508 e. The lowest BCUT2D eigenvalue weighted by atomic mass is 9.55. The quantitative estimate of drug-likeness (QED) is 0.708. The molecule has 3 atom stereocenters.